The van der Waals surface area contributed by atoms with E-state index in [4.69, 9.17) is 0 Å². The Balaban J connectivity index is 2.40. The molecular weight excluding hydrogens is 258 g/mol. The summed E-state index contributed by atoms with van der Waals surface area (Å²) in [5, 5.41) is 9.39. The van der Waals surface area contributed by atoms with Gasteiger partial charge in [0, 0.05) is 18.5 Å². The first-order valence-electron chi connectivity index (χ1n) is 7.09. The smallest absolute Gasteiger partial charge is 0.326 e. The summed E-state index contributed by atoms with van der Waals surface area (Å²) in [5.41, 5.74) is -0.230. The van der Waals surface area contributed by atoms with Crippen molar-refractivity contribution < 1.29 is 9.90 Å². The Kier molecular flexibility index (Phi) is 4.42. The first-order valence-corrected chi connectivity index (χ1v) is 7.09. The summed E-state index contributed by atoms with van der Waals surface area (Å²) < 4.78 is 0. The van der Waals surface area contributed by atoms with Gasteiger partial charge in [0.05, 0.1) is 0 Å². The number of hydrogen-bond donors (Lipinski definition) is 2. The summed E-state index contributed by atoms with van der Waals surface area (Å²) >= 11 is 0. The maximum absolute atomic E-state index is 11.8. The Morgan fingerprint density at radius 2 is 2.20 bits per heavy atom. The molecule has 2 rings (SSSR count). The van der Waals surface area contributed by atoms with Crippen molar-refractivity contribution >= 4 is 11.8 Å². The van der Waals surface area contributed by atoms with Crippen LogP contribution in [0.15, 0.2) is 10.9 Å². The lowest BCUT2D eigenvalue weighted by Crippen LogP contribution is -2.42. The summed E-state index contributed by atoms with van der Waals surface area (Å²) in [6.07, 6.45) is 3.43. The number of carbonyl (C=O) groups is 1. The number of hydrogen-bond acceptors (Lipinski definition) is 4. The molecule has 2 N–H and O–H groups in total. The molecule has 1 aliphatic heterocycles. The minimum absolute atomic E-state index is 0.0953. The standard InChI is InChI=1S/C14H21N3O3/c1-9(2)13-15-11(8-12(18)16-13)17-7-5-3-4-6-10(17)14(19)20/h8-10H,3-7H2,1-2H3,(H,19,20)(H,15,16,18). The van der Waals surface area contributed by atoms with Gasteiger partial charge in [0.25, 0.3) is 5.56 Å². The van der Waals surface area contributed by atoms with E-state index in [0.717, 1.165) is 19.3 Å². The third-order valence-corrected chi connectivity index (χ3v) is 3.63. The Morgan fingerprint density at radius 1 is 1.45 bits per heavy atom. The van der Waals surface area contributed by atoms with E-state index in [9.17, 15) is 14.7 Å². The number of anilines is 1. The van der Waals surface area contributed by atoms with Gasteiger partial charge in [-0.25, -0.2) is 9.78 Å². The third-order valence-electron chi connectivity index (χ3n) is 3.63. The van der Waals surface area contributed by atoms with Crippen molar-refractivity contribution in [1.82, 2.24) is 9.97 Å². The molecule has 0 aromatic carbocycles. The van der Waals surface area contributed by atoms with Crippen LogP contribution >= 0.6 is 0 Å². The van der Waals surface area contributed by atoms with Gasteiger partial charge in [0.2, 0.25) is 0 Å². The minimum Gasteiger partial charge on any atom is -0.480 e. The second-order valence-electron chi connectivity index (χ2n) is 5.54. The molecule has 0 spiro atoms. The molecule has 110 valence electrons. The first-order chi connectivity index (χ1) is 9.49. The van der Waals surface area contributed by atoms with Crippen LogP contribution in [0.2, 0.25) is 0 Å². The predicted molar refractivity (Wildman–Crippen MR) is 76.2 cm³/mol. The number of H-pyrrole nitrogens is 1. The molecule has 1 aliphatic rings. The van der Waals surface area contributed by atoms with E-state index in [-0.39, 0.29) is 11.5 Å². The molecule has 6 nitrogen and oxygen atoms in total. The number of nitrogens with zero attached hydrogens (tertiary/aromatic N) is 2. The largest absolute Gasteiger partial charge is 0.480 e. The van der Waals surface area contributed by atoms with Gasteiger partial charge in [-0.2, -0.15) is 0 Å². The van der Waals surface area contributed by atoms with Crippen LogP contribution in [0.4, 0.5) is 5.82 Å². The Morgan fingerprint density at radius 3 is 2.85 bits per heavy atom. The van der Waals surface area contributed by atoms with Crippen LogP contribution in [-0.4, -0.2) is 33.6 Å². The molecule has 1 unspecified atom stereocenters. The van der Waals surface area contributed by atoms with Crippen molar-refractivity contribution in [2.24, 2.45) is 0 Å². The molecule has 20 heavy (non-hydrogen) atoms. The van der Waals surface area contributed by atoms with Crippen molar-refractivity contribution in [3.8, 4) is 0 Å². The van der Waals surface area contributed by atoms with Crippen LogP contribution in [0.3, 0.4) is 0 Å². The lowest BCUT2D eigenvalue weighted by Gasteiger charge is -2.28. The number of carboxylic acid groups (broad SMARTS) is 1. The van der Waals surface area contributed by atoms with Crippen LogP contribution in [0, 0.1) is 0 Å². The highest BCUT2D eigenvalue weighted by Gasteiger charge is 2.28. The SMILES string of the molecule is CC(C)c1nc(N2CCCCCC2C(=O)O)cc(=O)[nH]1. The van der Waals surface area contributed by atoms with Gasteiger partial charge in [0.1, 0.15) is 17.7 Å². The fourth-order valence-electron chi connectivity index (χ4n) is 2.52. The molecule has 0 radical (unpaired) electrons. The molecule has 2 heterocycles. The van der Waals surface area contributed by atoms with Gasteiger partial charge in [-0.15, -0.1) is 0 Å². The lowest BCUT2D eigenvalue weighted by atomic mass is 10.1. The van der Waals surface area contributed by atoms with E-state index in [0.29, 0.717) is 24.6 Å². The fraction of sp³-hybridized carbons (Fsp3) is 0.643. The van der Waals surface area contributed by atoms with Crippen molar-refractivity contribution in [3.05, 3.63) is 22.2 Å². The Labute approximate surface area is 117 Å². The molecule has 1 aromatic heterocycles. The highest BCUT2D eigenvalue weighted by atomic mass is 16.4. The van der Waals surface area contributed by atoms with Crippen molar-refractivity contribution in [2.75, 3.05) is 11.4 Å². The minimum atomic E-state index is -0.847. The van der Waals surface area contributed by atoms with E-state index in [1.807, 2.05) is 13.8 Å². The van der Waals surface area contributed by atoms with Crippen LogP contribution in [0.1, 0.15) is 51.3 Å². The zero-order chi connectivity index (χ0) is 14.7. The van der Waals surface area contributed by atoms with Gasteiger partial charge in [-0.3, -0.25) is 4.79 Å². The van der Waals surface area contributed by atoms with Gasteiger partial charge in [0.15, 0.2) is 0 Å². The molecule has 0 amide bonds. The van der Waals surface area contributed by atoms with Crippen LogP contribution in [0.5, 0.6) is 0 Å². The molecule has 0 aliphatic carbocycles. The molecule has 0 saturated carbocycles. The van der Waals surface area contributed by atoms with Gasteiger partial charge < -0.3 is 15.0 Å². The molecule has 1 aromatic rings. The normalized spacial score (nSPS) is 19.9. The highest BCUT2D eigenvalue weighted by Crippen LogP contribution is 2.23. The number of carboxylic acids is 1. The Hall–Kier alpha value is -1.85. The average molecular weight is 279 g/mol. The topological polar surface area (TPSA) is 86.3 Å². The molecular formula is C14H21N3O3. The molecule has 6 heteroatoms. The highest BCUT2D eigenvalue weighted by molar-refractivity contribution is 5.77. The van der Waals surface area contributed by atoms with E-state index >= 15 is 0 Å². The number of aliphatic carboxylic acids is 1. The molecule has 1 saturated heterocycles. The monoisotopic (exact) mass is 279 g/mol. The van der Waals surface area contributed by atoms with E-state index < -0.39 is 12.0 Å². The maximum atomic E-state index is 11.8. The van der Waals surface area contributed by atoms with Crippen LogP contribution < -0.4 is 10.5 Å². The second kappa shape index (κ2) is 6.07. The van der Waals surface area contributed by atoms with Gasteiger partial charge >= 0.3 is 5.97 Å². The summed E-state index contributed by atoms with van der Waals surface area (Å²) in [6.45, 7) is 4.52. The summed E-state index contributed by atoms with van der Waals surface area (Å²) in [4.78, 5) is 32.1. The van der Waals surface area contributed by atoms with Gasteiger partial charge in [-0.05, 0) is 12.8 Å². The number of rotatable bonds is 3. The fourth-order valence-corrected chi connectivity index (χ4v) is 2.52. The number of nitrogens with one attached hydrogen (secondary N) is 1. The second-order valence-corrected chi connectivity index (χ2v) is 5.54. The zero-order valence-electron chi connectivity index (χ0n) is 11.9. The summed E-state index contributed by atoms with van der Waals surface area (Å²) in [6, 6.07) is 0.805. The predicted octanol–water partition coefficient (Wildman–Crippen LogP) is 1.73. The van der Waals surface area contributed by atoms with Crippen molar-refractivity contribution in [1.29, 1.82) is 0 Å². The number of aromatic nitrogens is 2. The first kappa shape index (κ1) is 14.6. The van der Waals surface area contributed by atoms with Gasteiger partial charge in [-0.1, -0.05) is 26.7 Å². The molecule has 1 fully saturated rings. The van der Waals surface area contributed by atoms with E-state index in [2.05, 4.69) is 9.97 Å². The zero-order valence-corrected chi connectivity index (χ0v) is 11.9. The summed E-state index contributed by atoms with van der Waals surface area (Å²) in [7, 11) is 0. The van der Waals surface area contributed by atoms with Crippen LogP contribution in [-0.2, 0) is 4.79 Å². The summed E-state index contributed by atoms with van der Waals surface area (Å²) in [5.74, 6) is 0.325. The molecule has 0 bridgehead atoms. The van der Waals surface area contributed by atoms with E-state index in [1.165, 1.54) is 6.07 Å². The van der Waals surface area contributed by atoms with Crippen molar-refractivity contribution in [2.45, 2.75) is 51.5 Å². The Bertz CT molecular complexity index is 539. The number of aromatic amines is 1. The molecule has 1 atom stereocenters. The third kappa shape index (κ3) is 3.18. The average Bonchev–Trinajstić information content (AvgIpc) is 2.63. The quantitative estimate of drug-likeness (QED) is 0.880. The lowest BCUT2D eigenvalue weighted by molar-refractivity contribution is -0.138. The van der Waals surface area contributed by atoms with Crippen molar-refractivity contribution in [3.63, 3.8) is 0 Å². The maximum Gasteiger partial charge on any atom is 0.326 e. The van der Waals surface area contributed by atoms with E-state index in [1.54, 1.807) is 4.90 Å². The van der Waals surface area contributed by atoms with Crippen LogP contribution in [0.25, 0.3) is 0 Å².